The van der Waals surface area contributed by atoms with Crippen LogP contribution in [-0.4, -0.2) is 42.1 Å². The maximum absolute atomic E-state index is 10.9. The molecule has 1 aliphatic rings. The summed E-state index contributed by atoms with van der Waals surface area (Å²) in [6.45, 7) is 8.12. The van der Waals surface area contributed by atoms with E-state index in [-0.39, 0.29) is 23.0 Å². The predicted octanol–water partition coefficient (Wildman–Crippen LogP) is 2.21. The van der Waals surface area contributed by atoms with Gasteiger partial charge < -0.3 is 10.1 Å². The number of ether oxygens (including phenoxy) is 1. The highest BCUT2D eigenvalue weighted by atomic mass is 35.5. The first-order valence-electron chi connectivity index (χ1n) is 6.96. The lowest BCUT2D eigenvalue weighted by Gasteiger charge is -2.32. The van der Waals surface area contributed by atoms with Crippen molar-refractivity contribution in [3.05, 3.63) is 33.9 Å². The molecule has 0 aromatic heterocycles. The van der Waals surface area contributed by atoms with Crippen LogP contribution < -0.4 is 10.1 Å². The van der Waals surface area contributed by atoms with Gasteiger partial charge in [0.15, 0.2) is 0 Å². The number of rotatable bonds is 5. The summed E-state index contributed by atoms with van der Waals surface area (Å²) in [5, 5.41) is 14.3. The van der Waals surface area contributed by atoms with Crippen LogP contribution in [0.4, 0.5) is 5.69 Å². The van der Waals surface area contributed by atoms with Gasteiger partial charge >= 0.3 is 0 Å². The third-order valence-corrected chi connectivity index (χ3v) is 3.40. The van der Waals surface area contributed by atoms with E-state index in [4.69, 9.17) is 4.74 Å². The van der Waals surface area contributed by atoms with Gasteiger partial charge in [-0.25, -0.2) is 0 Å². The first-order valence-corrected chi connectivity index (χ1v) is 6.96. The van der Waals surface area contributed by atoms with Gasteiger partial charge in [-0.3, -0.25) is 15.0 Å². The Hall–Kier alpha value is -1.37. The van der Waals surface area contributed by atoms with Crippen LogP contribution in [0.2, 0.25) is 0 Å². The first kappa shape index (κ1) is 17.7. The Bertz CT molecular complexity index is 485. The summed E-state index contributed by atoms with van der Waals surface area (Å²) < 4.78 is 5.58. The van der Waals surface area contributed by atoms with E-state index in [1.807, 2.05) is 6.92 Å². The molecule has 6 nitrogen and oxygen atoms in total. The summed E-state index contributed by atoms with van der Waals surface area (Å²) in [4.78, 5) is 12.8. The van der Waals surface area contributed by atoms with Crippen molar-refractivity contribution in [2.75, 3.05) is 26.2 Å². The minimum absolute atomic E-state index is 0. The van der Waals surface area contributed by atoms with E-state index in [0.717, 1.165) is 30.9 Å². The second-order valence-corrected chi connectivity index (χ2v) is 5.07. The summed E-state index contributed by atoms with van der Waals surface area (Å²) in [7, 11) is 0. The van der Waals surface area contributed by atoms with Crippen molar-refractivity contribution in [3.63, 3.8) is 0 Å². The molecule has 1 heterocycles. The molecule has 1 aromatic rings. The smallest absolute Gasteiger partial charge is 0.270 e. The van der Waals surface area contributed by atoms with Gasteiger partial charge in [-0.05, 0) is 19.9 Å². The van der Waals surface area contributed by atoms with E-state index in [1.165, 1.54) is 6.07 Å². The molecule has 1 saturated heterocycles. The van der Waals surface area contributed by atoms with Crippen LogP contribution in [0.1, 0.15) is 19.4 Å². The highest BCUT2D eigenvalue weighted by molar-refractivity contribution is 5.85. The zero-order chi connectivity index (χ0) is 14.5. The number of piperazine rings is 1. The first-order chi connectivity index (χ1) is 9.60. The summed E-state index contributed by atoms with van der Waals surface area (Å²) in [5.74, 6) is 0.740. The van der Waals surface area contributed by atoms with Crippen LogP contribution in [0, 0.1) is 10.1 Å². The van der Waals surface area contributed by atoms with Gasteiger partial charge in [-0.2, -0.15) is 0 Å². The van der Waals surface area contributed by atoms with E-state index in [0.29, 0.717) is 19.2 Å². The Labute approximate surface area is 131 Å². The lowest BCUT2D eigenvalue weighted by atomic mass is 10.1. The van der Waals surface area contributed by atoms with Crippen LogP contribution in [0.3, 0.4) is 0 Å². The molecule has 21 heavy (non-hydrogen) atoms. The minimum Gasteiger partial charge on any atom is -0.494 e. The SMILES string of the molecule is CCOc1ccc([N+](=O)[O-])cc1CN1CCNC(C)C1.Cl. The number of nitrogens with one attached hydrogen (secondary N) is 1. The second-order valence-electron chi connectivity index (χ2n) is 5.07. The maximum atomic E-state index is 10.9. The van der Waals surface area contributed by atoms with Crippen molar-refractivity contribution in [2.45, 2.75) is 26.4 Å². The topological polar surface area (TPSA) is 67.6 Å². The Morgan fingerprint density at radius 2 is 2.29 bits per heavy atom. The number of nitrogens with zero attached hydrogens (tertiary/aromatic N) is 2. The molecular formula is C14H22ClN3O3. The minimum atomic E-state index is -0.361. The van der Waals surface area contributed by atoms with Gasteiger partial charge in [-0.15, -0.1) is 12.4 Å². The number of nitro benzene ring substituents is 1. The molecule has 1 atom stereocenters. The molecule has 1 fully saturated rings. The molecule has 0 aliphatic carbocycles. The van der Waals surface area contributed by atoms with Crippen molar-refractivity contribution in [1.82, 2.24) is 10.2 Å². The number of nitro groups is 1. The molecule has 0 saturated carbocycles. The van der Waals surface area contributed by atoms with Gasteiger partial charge in [0.2, 0.25) is 0 Å². The molecule has 1 aliphatic heterocycles. The molecule has 118 valence electrons. The van der Waals surface area contributed by atoms with E-state index < -0.39 is 0 Å². The average molecular weight is 316 g/mol. The molecule has 0 amide bonds. The number of hydrogen-bond donors (Lipinski definition) is 1. The number of hydrogen-bond acceptors (Lipinski definition) is 5. The quantitative estimate of drug-likeness (QED) is 0.666. The maximum Gasteiger partial charge on any atom is 0.270 e. The molecule has 0 spiro atoms. The standard InChI is InChI=1S/C14H21N3O3.ClH/c1-3-20-14-5-4-13(17(18)19)8-12(14)10-16-7-6-15-11(2)9-16;/h4-5,8,11,15H,3,6-7,9-10H2,1-2H3;1H. The zero-order valence-electron chi connectivity index (χ0n) is 12.4. The van der Waals surface area contributed by atoms with Gasteiger partial charge in [-0.1, -0.05) is 0 Å². The largest absolute Gasteiger partial charge is 0.494 e. The number of benzene rings is 1. The van der Waals surface area contributed by atoms with Crippen LogP contribution in [0.25, 0.3) is 0 Å². The van der Waals surface area contributed by atoms with Crippen LogP contribution in [0.15, 0.2) is 18.2 Å². The third-order valence-electron chi connectivity index (χ3n) is 3.40. The fourth-order valence-corrected chi connectivity index (χ4v) is 2.50. The van der Waals surface area contributed by atoms with Gasteiger partial charge in [0.1, 0.15) is 5.75 Å². The molecule has 0 bridgehead atoms. The van der Waals surface area contributed by atoms with Crippen molar-refractivity contribution in [2.24, 2.45) is 0 Å². The predicted molar refractivity (Wildman–Crippen MR) is 84.3 cm³/mol. The fourth-order valence-electron chi connectivity index (χ4n) is 2.50. The summed E-state index contributed by atoms with van der Waals surface area (Å²) in [5.41, 5.74) is 1.00. The lowest BCUT2D eigenvalue weighted by molar-refractivity contribution is -0.385. The van der Waals surface area contributed by atoms with Gasteiger partial charge in [0.05, 0.1) is 11.5 Å². The highest BCUT2D eigenvalue weighted by Gasteiger charge is 2.19. The van der Waals surface area contributed by atoms with Crippen LogP contribution >= 0.6 is 12.4 Å². The zero-order valence-corrected chi connectivity index (χ0v) is 13.2. The Balaban J connectivity index is 0.00000220. The average Bonchev–Trinajstić information content (AvgIpc) is 2.41. The van der Waals surface area contributed by atoms with Gasteiger partial charge in [0.25, 0.3) is 5.69 Å². The van der Waals surface area contributed by atoms with Crippen molar-refractivity contribution < 1.29 is 9.66 Å². The van der Waals surface area contributed by atoms with Crippen LogP contribution in [-0.2, 0) is 6.54 Å². The summed E-state index contributed by atoms with van der Waals surface area (Å²) >= 11 is 0. The van der Waals surface area contributed by atoms with E-state index in [1.54, 1.807) is 12.1 Å². The van der Waals surface area contributed by atoms with E-state index in [9.17, 15) is 10.1 Å². The fraction of sp³-hybridized carbons (Fsp3) is 0.571. The Morgan fingerprint density at radius 1 is 1.52 bits per heavy atom. The normalized spacial score (nSPS) is 18.9. The Morgan fingerprint density at radius 3 is 2.90 bits per heavy atom. The second kappa shape index (κ2) is 8.17. The van der Waals surface area contributed by atoms with Crippen molar-refractivity contribution in [3.8, 4) is 5.75 Å². The molecule has 1 N–H and O–H groups in total. The van der Waals surface area contributed by atoms with E-state index in [2.05, 4.69) is 17.1 Å². The van der Waals surface area contributed by atoms with Crippen molar-refractivity contribution in [1.29, 1.82) is 0 Å². The molecule has 0 radical (unpaired) electrons. The lowest BCUT2D eigenvalue weighted by Crippen LogP contribution is -2.48. The molecule has 7 heteroatoms. The molecule has 1 aromatic carbocycles. The summed E-state index contributed by atoms with van der Waals surface area (Å²) in [6, 6.07) is 5.26. The third kappa shape index (κ3) is 4.84. The summed E-state index contributed by atoms with van der Waals surface area (Å²) in [6.07, 6.45) is 0. The van der Waals surface area contributed by atoms with Crippen LogP contribution in [0.5, 0.6) is 5.75 Å². The van der Waals surface area contributed by atoms with Gasteiger partial charge in [0, 0.05) is 49.9 Å². The molecular weight excluding hydrogens is 294 g/mol. The molecule has 1 unspecified atom stereocenters. The molecule has 2 rings (SSSR count). The highest BCUT2D eigenvalue weighted by Crippen LogP contribution is 2.26. The Kier molecular flexibility index (Phi) is 6.87. The van der Waals surface area contributed by atoms with E-state index >= 15 is 0 Å². The number of halogens is 1. The monoisotopic (exact) mass is 315 g/mol. The number of non-ortho nitro benzene ring substituents is 1. The van der Waals surface area contributed by atoms with Crippen molar-refractivity contribution >= 4 is 18.1 Å².